The van der Waals surface area contributed by atoms with Crippen molar-refractivity contribution in [2.24, 2.45) is 5.41 Å². The summed E-state index contributed by atoms with van der Waals surface area (Å²) >= 11 is 5.88. The summed E-state index contributed by atoms with van der Waals surface area (Å²) in [5.41, 5.74) is 0.213. The molecule has 2 fully saturated rings. The molecule has 130 valence electrons. The van der Waals surface area contributed by atoms with Gasteiger partial charge in [-0.25, -0.2) is 0 Å². The van der Waals surface area contributed by atoms with Crippen molar-refractivity contribution in [3.63, 3.8) is 0 Å². The number of carbonyl (C=O) groups is 2. The Morgan fingerprint density at radius 3 is 2.71 bits per heavy atom. The Kier molecular flexibility index (Phi) is 5.11. The van der Waals surface area contributed by atoms with Crippen LogP contribution in [0.2, 0.25) is 5.02 Å². The second-order valence-corrected chi connectivity index (χ2v) is 7.09. The van der Waals surface area contributed by atoms with Crippen molar-refractivity contribution < 1.29 is 14.3 Å². The lowest BCUT2D eigenvalue weighted by molar-refractivity contribution is -0.146. The molecule has 1 aromatic rings. The minimum atomic E-state index is -0.409. The highest BCUT2D eigenvalue weighted by Crippen LogP contribution is 2.40. The van der Waals surface area contributed by atoms with E-state index in [1.807, 2.05) is 4.90 Å². The molecule has 0 aliphatic carbocycles. The predicted molar refractivity (Wildman–Crippen MR) is 92.1 cm³/mol. The van der Waals surface area contributed by atoms with Gasteiger partial charge in [-0.05, 0) is 43.5 Å². The molecule has 6 heteroatoms. The van der Waals surface area contributed by atoms with Gasteiger partial charge in [-0.1, -0.05) is 11.6 Å². The average molecular weight is 351 g/mol. The van der Waals surface area contributed by atoms with Crippen LogP contribution in [-0.2, 0) is 9.53 Å². The van der Waals surface area contributed by atoms with Crippen molar-refractivity contribution in [3.8, 4) is 0 Å². The van der Waals surface area contributed by atoms with E-state index in [-0.39, 0.29) is 11.8 Å². The normalized spacial score (nSPS) is 24.0. The molecule has 0 unspecified atom stereocenters. The molecular weight excluding hydrogens is 328 g/mol. The molecule has 0 N–H and O–H groups in total. The number of hydrogen-bond acceptors (Lipinski definition) is 3. The topological polar surface area (TPSA) is 49.9 Å². The number of hydrogen-bond donors (Lipinski definition) is 0. The van der Waals surface area contributed by atoms with E-state index in [9.17, 15) is 9.59 Å². The van der Waals surface area contributed by atoms with Gasteiger partial charge in [0.2, 0.25) is 5.91 Å². The van der Waals surface area contributed by atoms with Crippen molar-refractivity contribution in [1.82, 2.24) is 9.80 Å². The van der Waals surface area contributed by atoms with E-state index in [0.717, 1.165) is 25.8 Å². The van der Waals surface area contributed by atoms with Crippen LogP contribution in [0.15, 0.2) is 24.3 Å². The first-order valence-electron chi connectivity index (χ1n) is 8.39. The van der Waals surface area contributed by atoms with Crippen LogP contribution in [0.1, 0.15) is 29.6 Å². The fourth-order valence-corrected chi connectivity index (χ4v) is 3.89. The Morgan fingerprint density at radius 1 is 1.25 bits per heavy atom. The van der Waals surface area contributed by atoms with E-state index in [4.69, 9.17) is 16.3 Å². The third-order valence-electron chi connectivity index (χ3n) is 5.12. The van der Waals surface area contributed by atoms with Crippen molar-refractivity contribution in [2.75, 3.05) is 39.9 Å². The molecule has 5 nitrogen and oxygen atoms in total. The van der Waals surface area contributed by atoms with Crippen LogP contribution in [0.3, 0.4) is 0 Å². The summed E-state index contributed by atoms with van der Waals surface area (Å²) in [5, 5.41) is 0.612. The summed E-state index contributed by atoms with van der Waals surface area (Å²) in [7, 11) is 1.65. The van der Waals surface area contributed by atoms with Crippen LogP contribution in [0, 0.1) is 5.41 Å². The second-order valence-electron chi connectivity index (χ2n) is 6.65. The molecule has 0 aromatic heterocycles. The SMILES string of the molecule is COCCN1CCC[C@]2(CCN(C(=O)c3ccc(Cl)cc3)C2)C1=O. The Labute approximate surface area is 147 Å². The number of halogens is 1. The zero-order valence-electron chi connectivity index (χ0n) is 14.0. The van der Waals surface area contributed by atoms with Gasteiger partial charge in [-0.2, -0.15) is 0 Å². The van der Waals surface area contributed by atoms with Gasteiger partial charge in [0.15, 0.2) is 0 Å². The standard InChI is InChI=1S/C18H23ClN2O3/c1-24-12-11-20-9-2-7-18(17(20)23)8-10-21(13-18)16(22)14-3-5-15(19)6-4-14/h3-6H,2,7-13H2,1H3/t18-/m1/s1. The first-order valence-corrected chi connectivity index (χ1v) is 8.77. The van der Waals surface area contributed by atoms with Gasteiger partial charge in [-0.15, -0.1) is 0 Å². The van der Waals surface area contributed by atoms with E-state index in [0.29, 0.717) is 36.8 Å². The van der Waals surface area contributed by atoms with Gasteiger partial charge < -0.3 is 14.5 Å². The fourth-order valence-electron chi connectivity index (χ4n) is 3.77. The molecule has 2 heterocycles. The maximum atomic E-state index is 12.9. The maximum Gasteiger partial charge on any atom is 0.253 e. The Bertz CT molecular complexity index is 619. The van der Waals surface area contributed by atoms with Gasteiger partial charge in [-0.3, -0.25) is 9.59 Å². The average Bonchev–Trinajstić information content (AvgIpc) is 3.01. The summed E-state index contributed by atoms with van der Waals surface area (Å²) in [6.45, 7) is 3.11. The van der Waals surface area contributed by atoms with E-state index in [1.165, 1.54) is 0 Å². The summed E-state index contributed by atoms with van der Waals surface area (Å²) < 4.78 is 5.10. The number of rotatable bonds is 4. The van der Waals surface area contributed by atoms with E-state index < -0.39 is 5.41 Å². The van der Waals surface area contributed by atoms with Crippen LogP contribution in [0.5, 0.6) is 0 Å². The molecule has 1 atom stereocenters. The minimum Gasteiger partial charge on any atom is -0.383 e. The molecule has 2 aliphatic heterocycles. The lowest BCUT2D eigenvalue weighted by Gasteiger charge is -2.39. The predicted octanol–water partition coefficient (Wildman–Crippen LogP) is 2.44. The number of piperidine rings is 1. The summed E-state index contributed by atoms with van der Waals surface area (Å²) in [6.07, 6.45) is 2.59. The van der Waals surface area contributed by atoms with E-state index >= 15 is 0 Å². The lowest BCUT2D eigenvalue weighted by Crippen LogP contribution is -2.51. The molecule has 1 aromatic carbocycles. The number of amides is 2. The first kappa shape index (κ1) is 17.2. The molecule has 2 saturated heterocycles. The zero-order chi connectivity index (χ0) is 17.2. The van der Waals surface area contributed by atoms with Crippen LogP contribution < -0.4 is 0 Å². The smallest absolute Gasteiger partial charge is 0.253 e. The Morgan fingerprint density at radius 2 is 2.00 bits per heavy atom. The number of carbonyl (C=O) groups excluding carboxylic acids is 2. The third kappa shape index (κ3) is 3.28. The van der Waals surface area contributed by atoms with Crippen molar-refractivity contribution in [3.05, 3.63) is 34.9 Å². The number of benzene rings is 1. The van der Waals surface area contributed by atoms with Crippen LogP contribution in [-0.4, -0.2) is 61.5 Å². The highest BCUT2D eigenvalue weighted by atomic mass is 35.5. The Balaban J connectivity index is 1.70. The molecule has 24 heavy (non-hydrogen) atoms. The molecule has 0 bridgehead atoms. The number of methoxy groups -OCH3 is 1. The molecular formula is C18H23ClN2O3. The number of ether oxygens (including phenoxy) is 1. The largest absolute Gasteiger partial charge is 0.383 e. The van der Waals surface area contributed by atoms with Crippen molar-refractivity contribution >= 4 is 23.4 Å². The third-order valence-corrected chi connectivity index (χ3v) is 5.37. The number of nitrogens with zero attached hydrogens (tertiary/aromatic N) is 2. The zero-order valence-corrected chi connectivity index (χ0v) is 14.7. The highest BCUT2D eigenvalue weighted by Gasteiger charge is 2.49. The lowest BCUT2D eigenvalue weighted by atomic mass is 9.78. The molecule has 1 spiro atoms. The maximum absolute atomic E-state index is 12.9. The van der Waals surface area contributed by atoms with Gasteiger partial charge in [0.05, 0.1) is 12.0 Å². The van der Waals surface area contributed by atoms with E-state index in [2.05, 4.69) is 0 Å². The monoisotopic (exact) mass is 350 g/mol. The fraction of sp³-hybridized carbons (Fsp3) is 0.556. The van der Waals surface area contributed by atoms with Crippen molar-refractivity contribution in [1.29, 1.82) is 0 Å². The van der Waals surface area contributed by atoms with Crippen LogP contribution in [0.25, 0.3) is 0 Å². The molecule has 2 aliphatic rings. The van der Waals surface area contributed by atoms with Gasteiger partial charge >= 0.3 is 0 Å². The quantitative estimate of drug-likeness (QED) is 0.838. The second kappa shape index (κ2) is 7.11. The molecule has 0 saturated carbocycles. The minimum absolute atomic E-state index is 0.0228. The molecule has 2 amide bonds. The summed E-state index contributed by atoms with van der Waals surface area (Å²) in [6, 6.07) is 6.92. The van der Waals surface area contributed by atoms with Crippen LogP contribution >= 0.6 is 11.6 Å². The number of likely N-dealkylation sites (tertiary alicyclic amines) is 2. The summed E-state index contributed by atoms with van der Waals surface area (Å²) in [5.74, 6) is 0.155. The summed E-state index contributed by atoms with van der Waals surface area (Å²) in [4.78, 5) is 29.3. The molecule has 0 radical (unpaired) electrons. The van der Waals surface area contributed by atoms with E-state index in [1.54, 1.807) is 36.3 Å². The highest BCUT2D eigenvalue weighted by molar-refractivity contribution is 6.30. The van der Waals surface area contributed by atoms with Gasteiger partial charge in [0, 0.05) is 43.9 Å². The van der Waals surface area contributed by atoms with Crippen molar-refractivity contribution in [2.45, 2.75) is 19.3 Å². The Hall–Kier alpha value is -1.59. The molecule has 3 rings (SSSR count). The van der Waals surface area contributed by atoms with Gasteiger partial charge in [0.25, 0.3) is 5.91 Å². The van der Waals surface area contributed by atoms with Gasteiger partial charge in [0.1, 0.15) is 0 Å². The first-order chi connectivity index (χ1) is 11.6. The van der Waals surface area contributed by atoms with Crippen LogP contribution in [0.4, 0.5) is 0 Å².